The van der Waals surface area contributed by atoms with Crippen molar-refractivity contribution in [2.75, 3.05) is 13.1 Å². The first kappa shape index (κ1) is 19.7. The fourth-order valence-corrected chi connectivity index (χ4v) is 4.92. The summed E-state index contributed by atoms with van der Waals surface area (Å²) in [6.07, 6.45) is 3.37. The van der Waals surface area contributed by atoms with Crippen LogP contribution in [0.1, 0.15) is 37.0 Å². The van der Waals surface area contributed by atoms with Crippen LogP contribution in [0.15, 0.2) is 65.8 Å². The minimum atomic E-state index is -0.313. The van der Waals surface area contributed by atoms with Gasteiger partial charge in [0.15, 0.2) is 11.0 Å². The Balaban J connectivity index is 1.66. The van der Waals surface area contributed by atoms with E-state index in [0.717, 1.165) is 54.6 Å². The van der Waals surface area contributed by atoms with Crippen LogP contribution in [0.25, 0.3) is 11.4 Å². The van der Waals surface area contributed by atoms with Crippen molar-refractivity contribution < 1.29 is 4.79 Å². The number of rotatable bonds is 6. The number of nitrogens with zero attached hydrogens (tertiary/aromatic N) is 4. The Bertz CT molecular complexity index is 936. The first-order chi connectivity index (χ1) is 14.3. The highest BCUT2D eigenvalue weighted by molar-refractivity contribution is 8.00. The summed E-state index contributed by atoms with van der Waals surface area (Å²) in [4.78, 5) is 15.4. The third kappa shape index (κ3) is 4.37. The second kappa shape index (κ2) is 9.27. The minimum absolute atomic E-state index is 0.174. The maximum Gasteiger partial charge on any atom is 0.240 e. The van der Waals surface area contributed by atoms with E-state index in [2.05, 4.69) is 21.7 Å². The predicted octanol–water partition coefficient (Wildman–Crippen LogP) is 4.81. The van der Waals surface area contributed by atoms with E-state index in [1.54, 1.807) is 0 Å². The molecule has 1 amide bonds. The number of hydrogen-bond acceptors (Lipinski definition) is 4. The van der Waals surface area contributed by atoms with E-state index >= 15 is 0 Å². The lowest BCUT2D eigenvalue weighted by Crippen LogP contribution is -2.38. The molecule has 6 heteroatoms. The van der Waals surface area contributed by atoms with Crippen molar-refractivity contribution in [3.8, 4) is 11.4 Å². The molecule has 1 saturated heterocycles. The summed E-state index contributed by atoms with van der Waals surface area (Å²) in [5.74, 6) is 1.01. The summed E-state index contributed by atoms with van der Waals surface area (Å²) in [5, 5.41) is 9.37. The summed E-state index contributed by atoms with van der Waals surface area (Å²) in [7, 11) is 0. The first-order valence-electron chi connectivity index (χ1n) is 10.3. The van der Waals surface area contributed by atoms with Crippen LogP contribution in [0, 0.1) is 0 Å². The number of carbonyl (C=O) groups is 1. The lowest BCUT2D eigenvalue weighted by Gasteiger charge is -2.30. The third-order valence-electron chi connectivity index (χ3n) is 5.28. The zero-order valence-electron chi connectivity index (χ0n) is 16.7. The summed E-state index contributed by atoms with van der Waals surface area (Å²) in [5.41, 5.74) is 2.05. The Morgan fingerprint density at radius 3 is 2.28 bits per heavy atom. The molecule has 0 aliphatic carbocycles. The van der Waals surface area contributed by atoms with Crippen LogP contribution < -0.4 is 0 Å². The molecule has 1 fully saturated rings. The molecule has 0 spiro atoms. The van der Waals surface area contributed by atoms with Gasteiger partial charge in [-0.05, 0) is 31.7 Å². The average Bonchev–Trinajstić information content (AvgIpc) is 3.21. The molecule has 1 unspecified atom stereocenters. The topological polar surface area (TPSA) is 51.0 Å². The molecule has 0 radical (unpaired) electrons. The SMILES string of the molecule is CCn1c(SC(C(=O)N2CCCCC2)c2ccccc2)nnc1-c1ccccc1. The number of hydrogen-bond donors (Lipinski definition) is 0. The largest absolute Gasteiger partial charge is 0.341 e. The highest BCUT2D eigenvalue weighted by Crippen LogP contribution is 2.37. The number of carbonyl (C=O) groups excluding carboxylic acids is 1. The number of piperidine rings is 1. The molecule has 0 N–H and O–H groups in total. The van der Waals surface area contributed by atoms with Crippen LogP contribution in [0.4, 0.5) is 0 Å². The van der Waals surface area contributed by atoms with E-state index in [-0.39, 0.29) is 11.2 Å². The van der Waals surface area contributed by atoms with Gasteiger partial charge < -0.3 is 9.47 Å². The molecule has 0 saturated carbocycles. The summed E-state index contributed by atoms with van der Waals surface area (Å²) >= 11 is 1.51. The fourth-order valence-electron chi connectivity index (χ4n) is 3.74. The summed E-state index contributed by atoms with van der Waals surface area (Å²) in [6.45, 7) is 4.53. The molecular formula is C23H26N4OS. The molecule has 1 aromatic heterocycles. The van der Waals surface area contributed by atoms with Gasteiger partial charge in [-0.15, -0.1) is 10.2 Å². The second-order valence-electron chi connectivity index (χ2n) is 7.21. The van der Waals surface area contributed by atoms with E-state index in [0.29, 0.717) is 0 Å². The maximum atomic E-state index is 13.4. The summed E-state index contributed by atoms with van der Waals surface area (Å²) in [6, 6.07) is 20.1. The Hall–Kier alpha value is -2.60. The zero-order valence-corrected chi connectivity index (χ0v) is 17.5. The van der Waals surface area contributed by atoms with Crippen molar-refractivity contribution in [2.24, 2.45) is 0 Å². The van der Waals surface area contributed by atoms with Gasteiger partial charge in [-0.3, -0.25) is 4.79 Å². The predicted molar refractivity (Wildman–Crippen MR) is 117 cm³/mol. The van der Waals surface area contributed by atoms with E-state index in [1.165, 1.54) is 18.2 Å². The molecule has 29 heavy (non-hydrogen) atoms. The van der Waals surface area contributed by atoms with Gasteiger partial charge in [-0.25, -0.2) is 0 Å². The molecule has 4 rings (SSSR count). The highest BCUT2D eigenvalue weighted by atomic mass is 32.2. The molecule has 5 nitrogen and oxygen atoms in total. The van der Waals surface area contributed by atoms with Gasteiger partial charge in [0.2, 0.25) is 5.91 Å². The average molecular weight is 407 g/mol. The molecule has 2 aromatic carbocycles. The van der Waals surface area contributed by atoms with Gasteiger partial charge in [-0.2, -0.15) is 0 Å². The van der Waals surface area contributed by atoms with Crippen LogP contribution in [-0.4, -0.2) is 38.7 Å². The molecule has 150 valence electrons. The van der Waals surface area contributed by atoms with Crippen LogP contribution in [0.5, 0.6) is 0 Å². The highest BCUT2D eigenvalue weighted by Gasteiger charge is 2.30. The quantitative estimate of drug-likeness (QED) is 0.551. The van der Waals surface area contributed by atoms with Gasteiger partial charge in [0.25, 0.3) is 0 Å². The van der Waals surface area contributed by atoms with Crippen LogP contribution in [-0.2, 0) is 11.3 Å². The lowest BCUT2D eigenvalue weighted by atomic mass is 10.1. The standard InChI is InChI=1S/C23H26N4OS/c1-2-27-21(19-14-8-4-9-15-19)24-25-23(27)29-20(18-12-6-3-7-13-18)22(28)26-16-10-5-11-17-26/h3-4,6-9,12-15,20H,2,5,10-11,16-17H2,1H3. The lowest BCUT2D eigenvalue weighted by molar-refractivity contribution is -0.131. The van der Waals surface area contributed by atoms with Crippen molar-refractivity contribution >= 4 is 17.7 Å². The number of aromatic nitrogens is 3. The van der Waals surface area contributed by atoms with E-state index in [1.807, 2.05) is 65.6 Å². The number of thioether (sulfide) groups is 1. The molecule has 2 heterocycles. The fraction of sp³-hybridized carbons (Fsp3) is 0.348. The molecular weight excluding hydrogens is 380 g/mol. The monoisotopic (exact) mass is 406 g/mol. The number of amides is 1. The minimum Gasteiger partial charge on any atom is -0.341 e. The normalized spacial score (nSPS) is 15.3. The molecule has 1 aliphatic rings. The second-order valence-corrected chi connectivity index (χ2v) is 8.28. The first-order valence-corrected chi connectivity index (χ1v) is 11.1. The van der Waals surface area contributed by atoms with Crippen molar-refractivity contribution in [3.63, 3.8) is 0 Å². The third-order valence-corrected chi connectivity index (χ3v) is 6.51. The van der Waals surface area contributed by atoms with Crippen molar-refractivity contribution in [2.45, 2.75) is 43.1 Å². The Morgan fingerprint density at radius 2 is 1.62 bits per heavy atom. The Morgan fingerprint density at radius 1 is 0.966 bits per heavy atom. The Kier molecular flexibility index (Phi) is 6.30. The van der Waals surface area contributed by atoms with E-state index in [4.69, 9.17) is 0 Å². The summed E-state index contributed by atoms with van der Waals surface area (Å²) < 4.78 is 2.10. The van der Waals surface area contributed by atoms with Gasteiger partial charge >= 0.3 is 0 Å². The van der Waals surface area contributed by atoms with Crippen LogP contribution in [0.2, 0.25) is 0 Å². The maximum absolute atomic E-state index is 13.4. The zero-order chi connectivity index (χ0) is 20.1. The molecule has 1 atom stereocenters. The Labute approximate surface area is 176 Å². The van der Waals surface area contributed by atoms with Crippen molar-refractivity contribution in [1.82, 2.24) is 19.7 Å². The van der Waals surface area contributed by atoms with Gasteiger partial charge in [0, 0.05) is 25.2 Å². The molecule has 3 aromatic rings. The molecule has 0 bridgehead atoms. The van der Waals surface area contributed by atoms with Crippen LogP contribution >= 0.6 is 11.8 Å². The molecule has 1 aliphatic heterocycles. The number of likely N-dealkylation sites (tertiary alicyclic amines) is 1. The van der Waals surface area contributed by atoms with Gasteiger partial charge in [-0.1, -0.05) is 72.4 Å². The van der Waals surface area contributed by atoms with E-state index in [9.17, 15) is 4.79 Å². The van der Waals surface area contributed by atoms with Gasteiger partial charge in [0.05, 0.1) is 0 Å². The van der Waals surface area contributed by atoms with E-state index < -0.39 is 0 Å². The van der Waals surface area contributed by atoms with Crippen molar-refractivity contribution in [3.05, 3.63) is 66.2 Å². The number of benzene rings is 2. The van der Waals surface area contributed by atoms with Crippen LogP contribution in [0.3, 0.4) is 0 Å². The van der Waals surface area contributed by atoms with Crippen molar-refractivity contribution in [1.29, 1.82) is 0 Å². The van der Waals surface area contributed by atoms with Gasteiger partial charge in [0.1, 0.15) is 5.25 Å². The smallest absolute Gasteiger partial charge is 0.240 e.